The van der Waals surface area contributed by atoms with E-state index in [1.807, 2.05) is 24.3 Å². The number of oxazole rings is 1. The second-order valence-corrected chi connectivity index (χ2v) is 6.36. The maximum Gasteiger partial charge on any atom is 0.206 e. The van der Waals surface area contributed by atoms with Crippen molar-refractivity contribution in [1.82, 2.24) is 15.2 Å². The first-order valence-electron chi connectivity index (χ1n) is 6.40. The molecule has 0 aliphatic heterocycles. The van der Waals surface area contributed by atoms with Gasteiger partial charge in [0.2, 0.25) is 11.0 Å². The van der Waals surface area contributed by atoms with Gasteiger partial charge < -0.3 is 9.73 Å². The van der Waals surface area contributed by atoms with Crippen molar-refractivity contribution in [3.8, 4) is 0 Å². The largest absolute Gasteiger partial charge is 0.440 e. The molecule has 5 nitrogen and oxygen atoms in total. The molecule has 0 aliphatic carbocycles. The third-order valence-electron chi connectivity index (χ3n) is 2.59. The van der Waals surface area contributed by atoms with Crippen LogP contribution in [0.1, 0.15) is 19.2 Å². The van der Waals surface area contributed by atoms with E-state index in [0.29, 0.717) is 5.75 Å². The van der Waals surface area contributed by atoms with E-state index in [0.717, 1.165) is 39.4 Å². The summed E-state index contributed by atoms with van der Waals surface area (Å²) in [4.78, 5) is 4.44. The highest BCUT2D eigenvalue weighted by molar-refractivity contribution is 8.00. The van der Waals surface area contributed by atoms with Gasteiger partial charge in [-0.2, -0.15) is 0 Å². The van der Waals surface area contributed by atoms with Crippen molar-refractivity contribution in [2.75, 3.05) is 11.9 Å². The van der Waals surface area contributed by atoms with E-state index in [9.17, 15) is 0 Å². The number of thioether (sulfide) groups is 1. The summed E-state index contributed by atoms with van der Waals surface area (Å²) in [6.45, 7) is 3.04. The molecule has 0 aliphatic rings. The van der Waals surface area contributed by atoms with Crippen molar-refractivity contribution in [2.45, 2.75) is 23.4 Å². The Balaban J connectivity index is 1.62. The van der Waals surface area contributed by atoms with E-state index in [-0.39, 0.29) is 0 Å². The molecule has 0 saturated carbocycles. The molecule has 0 unspecified atom stereocenters. The molecule has 0 spiro atoms. The minimum absolute atomic E-state index is 0.664. The third kappa shape index (κ3) is 3.10. The van der Waals surface area contributed by atoms with Crippen LogP contribution in [0.4, 0.5) is 5.13 Å². The van der Waals surface area contributed by atoms with E-state index in [1.54, 1.807) is 23.1 Å². The van der Waals surface area contributed by atoms with Gasteiger partial charge in [-0.3, -0.25) is 0 Å². The summed E-state index contributed by atoms with van der Waals surface area (Å²) in [6, 6.07) is 7.78. The first kappa shape index (κ1) is 13.4. The van der Waals surface area contributed by atoms with E-state index in [2.05, 4.69) is 27.4 Å². The van der Waals surface area contributed by atoms with Gasteiger partial charge in [0.05, 0.1) is 5.75 Å². The van der Waals surface area contributed by atoms with E-state index in [1.165, 1.54) is 0 Å². The molecule has 0 amide bonds. The molecule has 2 aromatic heterocycles. The van der Waals surface area contributed by atoms with Crippen molar-refractivity contribution in [3.05, 3.63) is 30.2 Å². The van der Waals surface area contributed by atoms with Crippen LogP contribution >= 0.6 is 23.1 Å². The number of fused-ring (bicyclic) bond motifs is 1. The van der Waals surface area contributed by atoms with Gasteiger partial charge in [-0.15, -0.1) is 10.2 Å². The topological polar surface area (TPSA) is 63.8 Å². The summed E-state index contributed by atoms with van der Waals surface area (Å²) >= 11 is 3.15. The maximum absolute atomic E-state index is 5.67. The molecule has 0 bridgehead atoms. The highest BCUT2D eigenvalue weighted by Crippen LogP contribution is 2.29. The van der Waals surface area contributed by atoms with Gasteiger partial charge >= 0.3 is 0 Å². The molecule has 7 heteroatoms. The highest BCUT2D eigenvalue weighted by atomic mass is 32.2. The highest BCUT2D eigenvalue weighted by Gasteiger charge is 2.08. The van der Waals surface area contributed by atoms with Crippen molar-refractivity contribution in [2.24, 2.45) is 0 Å². The Labute approximate surface area is 124 Å². The molecule has 0 fully saturated rings. The monoisotopic (exact) mass is 306 g/mol. The molecule has 1 aromatic carbocycles. The normalized spacial score (nSPS) is 11.1. The first-order valence-corrected chi connectivity index (χ1v) is 8.20. The number of anilines is 1. The van der Waals surface area contributed by atoms with Crippen molar-refractivity contribution < 1.29 is 4.42 Å². The number of nitrogens with zero attached hydrogens (tertiary/aromatic N) is 3. The molecular weight excluding hydrogens is 292 g/mol. The summed E-state index contributed by atoms with van der Waals surface area (Å²) in [5.74, 6) is 1.38. The van der Waals surface area contributed by atoms with Crippen molar-refractivity contribution in [1.29, 1.82) is 0 Å². The van der Waals surface area contributed by atoms with E-state index >= 15 is 0 Å². The van der Waals surface area contributed by atoms with E-state index < -0.39 is 0 Å². The third-order valence-corrected chi connectivity index (χ3v) is 4.59. The minimum atomic E-state index is 0.664. The quantitative estimate of drug-likeness (QED) is 0.699. The fraction of sp³-hybridized carbons (Fsp3) is 0.308. The van der Waals surface area contributed by atoms with Gasteiger partial charge in [-0.1, -0.05) is 42.2 Å². The van der Waals surface area contributed by atoms with Crippen LogP contribution in [0, 0.1) is 0 Å². The zero-order chi connectivity index (χ0) is 13.8. The number of hydrogen-bond donors (Lipinski definition) is 1. The van der Waals surface area contributed by atoms with E-state index in [4.69, 9.17) is 4.42 Å². The predicted molar refractivity (Wildman–Crippen MR) is 82.3 cm³/mol. The van der Waals surface area contributed by atoms with Crippen molar-refractivity contribution >= 4 is 39.3 Å². The molecular formula is C13H14N4OS2. The lowest BCUT2D eigenvalue weighted by molar-refractivity contribution is 0.556. The summed E-state index contributed by atoms with van der Waals surface area (Å²) in [7, 11) is 0. The summed E-state index contributed by atoms with van der Waals surface area (Å²) in [6.07, 6.45) is 1.07. The number of nitrogens with one attached hydrogen (secondary N) is 1. The molecule has 1 N–H and O–H groups in total. The molecule has 3 rings (SSSR count). The molecule has 20 heavy (non-hydrogen) atoms. The van der Waals surface area contributed by atoms with Crippen LogP contribution in [0.2, 0.25) is 0 Å². The average molecular weight is 306 g/mol. The standard InChI is InChI=1S/C13H14N4OS2/c1-2-7-14-12-16-17-13(20-12)19-8-11-15-9-5-3-4-6-10(9)18-11/h3-6H,2,7-8H2,1H3,(H,14,16). The van der Waals surface area contributed by atoms with Crippen LogP contribution in [0.3, 0.4) is 0 Å². The Bertz CT molecular complexity index is 661. The number of para-hydroxylation sites is 2. The van der Waals surface area contributed by atoms with Gasteiger partial charge in [-0.25, -0.2) is 4.98 Å². The number of aromatic nitrogens is 3. The second-order valence-electron chi connectivity index (χ2n) is 4.16. The number of benzene rings is 1. The lowest BCUT2D eigenvalue weighted by Crippen LogP contribution is -1.98. The van der Waals surface area contributed by atoms with Gasteiger partial charge in [0.15, 0.2) is 9.92 Å². The maximum atomic E-state index is 5.67. The smallest absolute Gasteiger partial charge is 0.206 e. The summed E-state index contributed by atoms with van der Waals surface area (Å²) in [5, 5.41) is 12.3. The predicted octanol–water partition coefficient (Wildman–Crippen LogP) is 3.79. The molecule has 0 radical (unpaired) electrons. The Hall–Kier alpha value is -1.60. The lowest BCUT2D eigenvalue weighted by Gasteiger charge is -1.95. The Morgan fingerprint density at radius 2 is 2.20 bits per heavy atom. The zero-order valence-corrected chi connectivity index (χ0v) is 12.6. The molecule has 3 aromatic rings. The van der Waals surface area contributed by atoms with Crippen LogP contribution in [0.5, 0.6) is 0 Å². The lowest BCUT2D eigenvalue weighted by atomic mass is 10.3. The van der Waals surface area contributed by atoms with Gasteiger partial charge in [0.25, 0.3) is 0 Å². The Kier molecular flexibility index (Phi) is 4.17. The fourth-order valence-electron chi connectivity index (χ4n) is 1.68. The Morgan fingerprint density at radius 1 is 1.30 bits per heavy atom. The summed E-state index contributed by atoms with van der Waals surface area (Å²) in [5.41, 5.74) is 1.72. The van der Waals surface area contributed by atoms with Gasteiger partial charge in [0, 0.05) is 6.54 Å². The molecule has 0 atom stereocenters. The number of rotatable bonds is 6. The van der Waals surface area contributed by atoms with Crippen LogP contribution in [0.15, 0.2) is 33.0 Å². The second kappa shape index (κ2) is 6.23. The van der Waals surface area contributed by atoms with Crippen LogP contribution in [0.25, 0.3) is 11.1 Å². The Morgan fingerprint density at radius 3 is 3.05 bits per heavy atom. The van der Waals surface area contributed by atoms with Crippen molar-refractivity contribution in [3.63, 3.8) is 0 Å². The fourth-order valence-corrected chi connectivity index (χ4v) is 3.30. The molecule has 0 saturated heterocycles. The first-order chi connectivity index (χ1) is 9.85. The molecule has 2 heterocycles. The molecule has 104 valence electrons. The van der Waals surface area contributed by atoms with Crippen LogP contribution < -0.4 is 5.32 Å². The summed E-state index contributed by atoms with van der Waals surface area (Å²) < 4.78 is 6.59. The van der Waals surface area contributed by atoms with Crippen LogP contribution in [-0.4, -0.2) is 21.7 Å². The minimum Gasteiger partial charge on any atom is -0.440 e. The number of hydrogen-bond acceptors (Lipinski definition) is 7. The van der Waals surface area contributed by atoms with Gasteiger partial charge in [0.1, 0.15) is 5.52 Å². The van der Waals surface area contributed by atoms with Crippen LogP contribution in [-0.2, 0) is 5.75 Å². The average Bonchev–Trinajstić information content (AvgIpc) is 3.09. The zero-order valence-electron chi connectivity index (χ0n) is 11.0. The SMILES string of the molecule is CCCNc1nnc(SCc2nc3ccccc3o2)s1. The van der Waals surface area contributed by atoms with Gasteiger partial charge in [-0.05, 0) is 18.6 Å².